The fourth-order valence-corrected chi connectivity index (χ4v) is 3.40. The molecule has 0 fully saturated rings. The molecule has 0 unspecified atom stereocenters. The molecule has 8 nitrogen and oxygen atoms in total. The van der Waals surface area contributed by atoms with Gasteiger partial charge in [0.1, 0.15) is 12.2 Å². The first-order valence-corrected chi connectivity index (χ1v) is 9.65. The summed E-state index contributed by atoms with van der Waals surface area (Å²) in [7, 11) is 1.83. The first kappa shape index (κ1) is 21.4. The zero-order valence-electron chi connectivity index (χ0n) is 17.0. The van der Waals surface area contributed by atoms with Crippen LogP contribution < -0.4 is 16.4 Å². The predicted molar refractivity (Wildman–Crippen MR) is 114 cm³/mol. The molecule has 0 spiro atoms. The van der Waals surface area contributed by atoms with Gasteiger partial charge in [-0.2, -0.15) is 18.3 Å². The topological polar surface area (TPSA) is 102 Å². The van der Waals surface area contributed by atoms with Gasteiger partial charge in [-0.25, -0.2) is 9.78 Å². The van der Waals surface area contributed by atoms with Crippen LogP contribution in [0.1, 0.15) is 5.69 Å². The van der Waals surface area contributed by atoms with Crippen LogP contribution in [0.25, 0.3) is 28.0 Å². The van der Waals surface area contributed by atoms with E-state index in [1.807, 2.05) is 42.0 Å². The lowest BCUT2D eigenvalue weighted by Gasteiger charge is -2.11. The molecular formula is C21H20F3N7O. The molecule has 4 rings (SSSR count). The van der Waals surface area contributed by atoms with Crippen molar-refractivity contribution in [1.29, 1.82) is 0 Å². The van der Waals surface area contributed by atoms with Gasteiger partial charge in [0.2, 0.25) is 0 Å². The number of urea groups is 1. The fourth-order valence-electron chi connectivity index (χ4n) is 3.40. The van der Waals surface area contributed by atoms with Gasteiger partial charge in [-0.05, 0) is 29.8 Å². The Morgan fingerprint density at radius 1 is 1.19 bits per heavy atom. The van der Waals surface area contributed by atoms with Crippen molar-refractivity contribution in [2.24, 2.45) is 12.8 Å². The number of nitrogens with one attached hydrogen (secondary N) is 2. The monoisotopic (exact) mass is 443 g/mol. The standard InChI is InChI=1S/C21H20F3N7O/c1-30-11-16(17(9-25)29-30)13-5-6-31-18(10-26-19(31)8-13)14-3-2-4-15(7-14)28-20(32)27-12-21(22,23)24/h2-8,10-11H,9,12,25H2,1H3,(H2,27,28,32). The van der Waals surface area contributed by atoms with Crippen LogP contribution >= 0.6 is 0 Å². The predicted octanol–water partition coefficient (Wildman–Crippen LogP) is 3.54. The second kappa shape index (κ2) is 8.35. The number of hydrogen-bond acceptors (Lipinski definition) is 4. The number of fused-ring (bicyclic) bond motifs is 1. The van der Waals surface area contributed by atoms with E-state index >= 15 is 0 Å². The molecule has 2 amide bonds. The Labute approximate surface area is 180 Å². The number of hydrogen-bond donors (Lipinski definition) is 3. The second-order valence-corrected chi connectivity index (χ2v) is 7.16. The van der Waals surface area contributed by atoms with Crippen molar-refractivity contribution >= 4 is 17.4 Å². The van der Waals surface area contributed by atoms with E-state index in [-0.39, 0.29) is 0 Å². The maximum atomic E-state index is 12.3. The number of halogens is 3. The number of rotatable bonds is 5. The summed E-state index contributed by atoms with van der Waals surface area (Å²) in [5.41, 5.74) is 11.0. The number of aryl methyl sites for hydroxylation is 1. The number of aromatic nitrogens is 4. The second-order valence-electron chi connectivity index (χ2n) is 7.16. The minimum atomic E-state index is -4.48. The molecule has 4 N–H and O–H groups in total. The number of pyridine rings is 1. The van der Waals surface area contributed by atoms with Gasteiger partial charge in [-0.1, -0.05) is 12.1 Å². The van der Waals surface area contributed by atoms with E-state index < -0.39 is 18.8 Å². The van der Waals surface area contributed by atoms with Crippen LogP contribution in [0, 0.1) is 0 Å². The van der Waals surface area contributed by atoms with Crippen molar-refractivity contribution in [2.45, 2.75) is 12.7 Å². The van der Waals surface area contributed by atoms with Crippen LogP contribution in [-0.4, -0.2) is 37.9 Å². The first-order chi connectivity index (χ1) is 15.2. The smallest absolute Gasteiger partial charge is 0.329 e. The maximum Gasteiger partial charge on any atom is 0.405 e. The molecule has 0 atom stereocenters. The number of amides is 2. The summed E-state index contributed by atoms with van der Waals surface area (Å²) in [6.07, 6.45) is 0.984. The first-order valence-electron chi connectivity index (χ1n) is 9.65. The van der Waals surface area contributed by atoms with E-state index in [1.165, 1.54) is 0 Å². The van der Waals surface area contributed by atoms with Crippen molar-refractivity contribution in [2.75, 3.05) is 11.9 Å². The fraction of sp³-hybridized carbons (Fsp3) is 0.190. The van der Waals surface area contributed by atoms with Crippen LogP contribution in [0.5, 0.6) is 0 Å². The van der Waals surface area contributed by atoms with Crippen LogP contribution in [0.3, 0.4) is 0 Å². The highest BCUT2D eigenvalue weighted by Crippen LogP contribution is 2.28. The number of benzene rings is 1. The molecule has 0 aliphatic carbocycles. The summed E-state index contributed by atoms with van der Waals surface area (Å²) in [4.78, 5) is 16.2. The summed E-state index contributed by atoms with van der Waals surface area (Å²) in [5, 5.41) is 8.55. The van der Waals surface area contributed by atoms with E-state index in [0.29, 0.717) is 17.9 Å². The van der Waals surface area contributed by atoms with E-state index in [4.69, 9.17) is 5.73 Å². The molecular weight excluding hydrogens is 423 g/mol. The van der Waals surface area contributed by atoms with Gasteiger partial charge >= 0.3 is 12.2 Å². The lowest BCUT2D eigenvalue weighted by molar-refractivity contribution is -0.122. The van der Waals surface area contributed by atoms with Gasteiger partial charge in [-0.15, -0.1) is 0 Å². The summed E-state index contributed by atoms with van der Waals surface area (Å²) >= 11 is 0. The third-order valence-electron chi connectivity index (χ3n) is 4.79. The highest BCUT2D eigenvalue weighted by Gasteiger charge is 2.27. The van der Waals surface area contributed by atoms with Gasteiger partial charge in [0.15, 0.2) is 0 Å². The normalized spacial score (nSPS) is 11.7. The number of nitrogens with two attached hydrogens (primary N) is 1. The van der Waals surface area contributed by atoms with Crippen molar-refractivity contribution < 1.29 is 18.0 Å². The molecule has 1 aromatic carbocycles. The lowest BCUT2D eigenvalue weighted by atomic mass is 10.1. The minimum absolute atomic E-state index is 0.317. The highest BCUT2D eigenvalue weighted by molar-refractivity contribution is 5.90. The van der Waals surface area contributed by atoms with Crippen molar-refractivity contribution in [1.82, 2.24) is 24.5 Å². The van der Waals surface area contributed by atoms with Crippen LogP contribution in [0.15, 0.2) is 55.0 Å². The van der Waals surface area contributed by atoms with Crippen LogP contribution in [0.2, 0.25) is 0 Å². The molecule has 166 valence electrons. The Hall–Kier alpha value is -3.86. The molecule has 0 aliphatic rings. The van der Waals surface area contributed by atoms with Crippen LogP contribution in [0.4, 0.5) is 23.7 Å². The highest BCUT2D eigenvalue weighted by atomic mass is 19.4. The van der Waals surface area contributed by atoms with Crippen molar-refractivity contribution in [3.05, 3.63) is 60.7 Å². The quantitative estimate of drug-likeness (QED) is 0.439. The third kappa shape index (κ3) is 4.57. The van der Waals surface area contributed by atoms with E-state index in [9.17, 15) is 18.0 Å². The number of nitrogens with zero attached hydrogens (tertiary/aromatic N) is 4. The molecule has 0 bridgehead atoms. The van der Waals surface area contributed by atoms with Gasteiger partial charge in [0.05, 0.1) is 17.6 Å². The Morgan fingerprint density at radius 3 is 2.75 bits per heavy atom. The average molecular weight is 443 g/mol. The molecule has 0 saturated heterocycles. The van der Waals surface area contributed by atoms with Gasteiger partial charge in [-0.3, -0.25) is 9.08 Å². The van der Waals surface area contributed by atoms with Crippen molar-refractivity contribution in [3.63, 3.8) is 0 Å². The summed E-state index contributed by atoms with van der Waals surface area (Å²) in [6.45, 7) is -1.09. The molecule has 32 heavy (non-hydrogen) atoms. The van der Waals surface area contributed by atoms with Gasteiger partial charge in [0, 0.05) is 42.8 Å². The Balaban J connectivity index is 1.59. The molecule has 0 radical (unpaired) electrons. The molecule has 4 aromatic rings. The molecule has 3 heterocycles. The number of alkyl halides is 3. The summed E-state index contributed by atoms with van der Waals surface area (Å²) in [6, 6.07) is 9.70. The minimum Gasteiger partial charge on any atom is -0.329 e. The number of anilines is 1. The molecule has 11 heteroatoms. The van der Waals surface area contributed by atoms with Crippen molar-refractivity contribution in [3.8, 4) is 22.4 Å². The van der Waals surface area contributed by atoms with E-state index in [0.717, 1.165) is 28.1 Å². The number of imidazole rings is 1. The largest absolute Gasteiger partial charge is 0.405 e. The zero-order valence-corrected chi connectivity index (χ0v) is 17.0. The van der Waals surface area contributed by atoms with Gasteiger partial charge in [0.25, 0.3) is 0 Å². The molecule has 0 saturated carbocycles. The zero-order chi connectivity index (χ0) is 22.9. The Morgan fingerprint density at radius 2 is 2.00 bits per heavy atom. The van der Waals surface area contributed by atoms with Gasteiger partial charge < -0.3 is 16.4 Å². The SMILES string of the molecule is Cn1cc(-c2ccn3c(-c4cccc(NC(=O)NCC(F)(F)F)c4)cnc3c2)c(CN)n1. The lowest BCUT2D eigenvalue weighted by Crippen LogP contribution is -2.36. The molecule has 3 aromatic heterocycles. The van der Waals surface area contributed by atoms with E-state index in [2.05, 4.69) is 15.4 Å². The number of carbonyl (C=O) groups is 1. The summed E-state index contributed by atoms with van der Waals surface area (Å²) < 4.78 is 40.4. The van der Waals surface area contributed by atoms with E-state index in [1.54, 1.807) is 34.4 Å². The Bertz CT molecular complexity index is 1280. The van der Waals surface area contributed by atoms with Crippen LogP contribution in [-0.2, 0) is 13.6 Å². The number of carbonyl (C=O) groups excluding carboxylic acids is 1. The average Bonchev–Trinajstić information content (AvgIpc) is 3.34. The summed E-state index contributed by atoms with van der Waals surface area (Å²) in [5.74, 6) is 0. The third-order valence-corrected chi connectivity index (χ3v) is 4.79. The Kier molecular flexibility index (Phi) is 5.57. The molecule has 0 aliphatic heterocycles. The maximum absolute atomic E-state index is 12.3.